The summed E-state index contributed by atoms with van der Waals surface area (Å²) in [7, 11) is 0. The van der Waals surface area contributed by atoms with Crippen LogP contribution in [0.1, 0.15) is 123 Å². The van der Waals surface area contributed by atoms with Gasteiger partial charge in [-0.2, -0.15) is 0 Å². The molecule has 1 aromatic rings. The Hall–Kier alpha value is -0.711. The van der Waals surface area contributed by atoms with Crippen molar-refractivity contribution < 1.29 is 9.53 Å². The van der Waals surface area contributed by atoms with E-state index in [1.807, 2.05) is 24.4 Å². The topological polar surface area (TPSA) is 29.5 Å². The fourth-order valence-electron chi connectivity index (χ4n) is 8.24. The molecule has 0 aromatic heterocycles. The van der Waals surface area contributed by atoms with E-state index in [2.05, 4.69) is 43.9 Å². The normalized spacial score (nSPS) is 25.4. The van der Waals surface area contributed by atoms with Gasteiger partial charge in [0.2, 0.25) is 0 Å². The van der Waals surface area contributed by atoms with E-state index in [0.717, 1.165) is 19.4 Å². The van der Waals surface area contributed by atoms with Crippen molar-refractivity contribution in [1.82, 2.24) is 4.90 Å². The Morgan fingerprint density at radius 3 is 2.24 bits per heavy atom. The van der Waals surface area contributed by atoms with Gasteiger partial charge in [-0.15, -0.1) is 0 Å². The van der Waals surface area contributed by atoms with E-state index >= 15 is 0 Å². The Balaban J connectivity index is 1.74. The predicted molar refractivity (Wildman–Crippen MR) is 160 cm³/mol. The van der Waals surface area contributed by atoms with Gasteiger partial charge in [0.1, 0.15) is 0 Å². The van der Waals surface area contributed by atoms with E-state index in [9.17, 15) is 4.79 Å². The maximum atomic E-state index is 13.3. The van der Waals surface area contributed by atoms with Gasteiger partial charge in [-0.05, 0) is 0 Å². The molecule has 1 amide bonds. The molecule has 1 aliphatic heterocycles. The molecule has 1 heterocycles. The summed E-state index contributed by atoms with van der Waals surface area (Å²) in [6, 6.07) is 8.25. The van der Waals surface area contributed by atoms with Crippen molar-refractivity contribution in [3.8, 4) is 0 Å². The zero-order valence-corrected chi connectivity index (χ0v) is 27.8. The van der Waals surface area contributed by atoms with Gasteiger partial charge in [-0.3, -0.25) is 0 Å². The van der Waals surface area contributed by atoms with E-state index in [-0.39, 0.29) is 11.5 Å². The first-order valence-electron chi connectivity index (χ1n) is 15.8. The van der Waals surface area contributed by atoms with Crippen LogP contribution >= 0.6 is 0 Å². The third kappa shape index (κ3) is 6.07. The van der Waals surface area contributed by atoms with Crippen LogP contribution in [-0.2, 0) is 16.6 Å². The number of likely N-dealkylation sites (tertiary alicyclic amines) is 1. The molecule has 1 saturated heterocycles. The van der Waals surface area contributed by atoms with Gasteiger partial charge < -0.3 is 0 Å². The first-order valence-corrected chi connectivity index (χ1v) is 23.3. The van der Waals surface area contributed by atoms with Gasteiger partial charge >= 0.3 is 233 Å². The summed E-state index contributed by atoms with van der Waals surface area (Å²) in [6.45, 7) is 14.0. The van der Waals surface area contributed by atoms with Crippen LogP contribution in [0.25, 0.3) is 0 Å². The Morgan fingerprint density at radius 2 is 1.65 bits per heavy atom. The maximum absolute atomic E-state index is 13.3. The molecule has 2 fully saturated rings. The minimum absolute atomic E-state index is 0.0920. The van der Waals surface area contributed by atoms with Crippen molar-refractivity contribution in [2.45, 2.75) is 149 Å². The van der Waals surface area contributed by atoms with Gasteiger partial charge in [-0.1, -0.05) is 0 Å². The van der Waals surface area contributed by atoms with Crippen LogP contribution in [0.15, 0.2) is 18.2 Å². The Labute approximate surface area is 232 Å². The molecule has 4 rings (SSSR count). The molecule has 208 valence electrons. The van der Waals surface area contributed by atoms with E-state index in [1.165, 1.54) is 77.5 Å². The van der Waals surface area contributed by atoms with Crippen molar-refractivity contribution >= 4 is 28.0 Å². The van der Waals surface area contributed by atoms with Crippen LogP contribution in [0.3, 0.4) is 0 Å². The summed E-state index contributed by atoms with van der Waals surface area (Å²) in [5, 5.41) is 0. The molecule has 3 unspecified atom stereocenters. The molecule has 2 bridgehead atoms. The second-order valence-electron chi connectivity index (χ2n) is 13.7. The molecule has 0 radical (unpaired) electrons. The summed E-state index contributed by atoms with van der Waals surface area (Å²) in [5.74, 6) is 0.594. The number of piperidine rings is 1. The number of nitrogens with zero attached hydrogens (tertiary/aromatic N) is 1. The Bertz CT molecular complexity index is 900. The average molecular weight is 617 g/mol. The zero-order valence-electron chi connectivity index (χ0n) is 25.0. The van der Waals surface area contributed by atoms with E-state index in [0.29, 0.717) is 12.0 Å². The summed E-state index contributed by atoms with van der Waals surface area (Å²) >= 11 is -2.49. The Kier molecular flexibility index (Phi) is 9.66. The summed E-state index contributed by atoms with van der Waals surface area (Å²) in [5.41, 5.74) is 3.11. The number of rotatable bonds is 10. The molecule has 0 spiro atoms. The second-order valence-corrected chi connectivity index (χ2v) is 26.9. The number of benzene rings is 1. The third-order valence-electron chi connectivity index (χ3n) is 10.1. The fraction of sp³-hybridized carbons (Fsp3) is 0.788. The molecule has 3 nitrogen and oxygen atoms in total. The number of carbonyl (C=O) groups excluding carboxylic acids is 1. The van der Waals surface area contributed by atoms with E-state index < -0.39 is 24.0 Å². The molecule has 2 aliphatic carbocycles. The number of ether oxygens (including phenoxy) is 1. The molecule has 4 heteroatoms. The van der Waals surface area contributed by atoms with Crippen molar-refractivity contribution in [2.75, 3.05) is 6.54 Å². The zero-order chi connectivity index (χ0) is 26.7. The van der Waals surface area contributed by atoms with E-state index in [4.69, 9.17) is 4.74 Å². The van der Waals surface area contributed by atoms with Gasteiger partial charge in [0, 0.05) is 0 Å². The fourth-order valence-corrected chi connectivity index (χ4v) is 24.2. The predicted octanol–water partition coefficient (Wildman–Crippen LogP) is 8.74. The molecule has 0 N–H and O–H groups in total. The van der Waals surface area contributed by atoms with Gasteiger partial charge in [0.25, 0.3) is 0 Å². The van der Waals surface area contributed by atoms with Crippen molar-refractivity contribution in [2.24, 2.45) is 5.92 Å². The molecular formula is C33H55NO2Sn. The number of unbranched alkanes of at least 4 members (excludes halogenated alkanes) is 3. The first-order chi connectivity index (χ1) is 17.7. The van der Waals surface area contributed by atoms with Gasteiger partial charge in [-0.25, -0.2) is 0 Å². The van der Waals surface area contributed by atoms with Gasteiger partial charge in [0.05, 0.1) is 0 Å². The number of fused-ring (bicyclic) bond motifs is 1. The van der Waals surface area contributed by atoms with Crippen LogP contribution in [0.5, 0.6) is 0 Å². The number of amides is 1. The van der Waals surface area contributed by atoms with Crippen LogP contribution in [0.4, 0.5) is 4.79 Å². The number of carbonyl (C=O) groups is 1. The van der Waals surface area contributed by atoms with Crippen LogP contribution < -0.4 is 3.58 Å². The van der Waals surface area contributed by atoms with Crippen molar-refractivity contribution in [1.29, 1.82) is 0 Å². The second kappa shape index (κ2) is 12.2. The number of hydrogen-bond donors (Lipinski definition) is 0. The van der Waals surface area contributed by atoms with Gasteiger partial charge in [0.15, 0.2) is 0 Å². The summed E-state index contributed by atoms with van der Waals surface area (Å²) in [4.78, 5) is 15.4. The van der Waals surface area contributed by atoms with Crippen LogP contribution in [0, 0.1) is 5.92 Å². The summed E-state index contributed by atoms with van der Waals surface area (Å²) < 4.78 is 12.4. The molecule has 3 atom stereocenters. The molecule has 1 saturated carbocycles. The number of hydrogen-bond acceptors (Lipinski definition) is 2. The van der Waals surface area contributed by atoms with Crippen molar-refractivity contribution in [3.63, 3.8) is 0 Å². The Morgan fingerprint density at radius 1 is 1.00 bits per heavy atom. The molecule has 37 heavy (non-hydrogen) atoms. The standard InChI is InChI=1S/C21H28NO2.3C4H9.Sn/c1-20(2,3)24-19(23)22-13-12-21-11-7-6-10-17(21)18(22)14-15-8-4-5-9-16(15)21;3*1-3-4-2;/h4,8-9,17-18H,6-7,10-14H2,1-3H3;3*1,3-4H2,2H3;. The molecular weight excluding hydrogens is 561 g/mol. The van der Waals surface area contributed by atoms with Crippen molar-refractivity contribution in [3.05, 3.63) is 29.3 Å². The third-order valence-corrected chi connectivity index (χ3v) is 25.7. The SMILES string of the molecule is CCC[CH2][Sn]([CH2]CCC)([CH2]CCC)[c]1ccc2c(c1)C13CCCCC1C(C2)N(C(=O)OC(C)(C)C)CC3. The average Bonchev–Trinajstić information content (AvgIpc) is 2.87. The molecule has 3 aliphatic rings. The van der Waals surface area contributed by atoms with E-state index in [1.54, 1.807) is 11.1 Å². The van der Waals surface area contributed by atoms with Crippen LogP contribution in [0.2, 0.25) is 13.3 Å². The summed E-state index contributed by atoms with van der Waals surface area (Å²) in [6.07, 6.45) is 15.5. The first kappa shape index (κ1) is 29.3. The minimum atomic E-state index is -2.49. The van der Waals surface area contributed by atoms with Crippen LogP contribution in [-0.4, -0.2) is 47.6 Å². The monoisotopic (exact) mass is 617 g/mol. The molecule has 1 aromatic carbocycles. The quantitative estimate of drug-likeness (QED) is 0.246.